The Hall–Kier alpha value is -2.41. The van der Waals surface area contributed by atoms with Crippen LogP contribution in [0.1, 0.15) is 17.8 Å². The molecule has 3 aromatic rings. The molecule has 7 nitrogen and oxygen atoms in total. The fourth-order valence-corrected chi connectivity index (χ4v) is 2.59. The van der Waals surface area contributed by atoms with Crippen molar-refractivity contribution in [3.63, 3.8) is 0 Å². The predicted octanol–water partition coefficient (Wildman–Crippen LogP) is 1.57. The number of benzene rings is 1. The molecule has 1 aliphatic rings. The van der Waals surface area contributed by atoms with Crippen molar-refractivity contribution < 1.29 is 4.74 Å². The van der Waals surface area contributed by atoms with E-state index in [1.165, 1.54) is 0 Å². The molecule has 0 saturated carbocycles. The van der Waals surface area contributed by atoms with Crippen molar-refractivity contribution in [1.29, 1.82) is 0 Å². The van der Waals surface area contributed by atoms with Crippen LogP contribution in [0.3, 0.4) is 0 Å². The number of anilines is 1. The van der Waals surface area contributed by atoms with Gasteiger partial charge in [-0.15, -0.1) is 0 Å². The van der Waals surface area contributed by atoms with Gasteiger partial charge in [0.2, 0.25) is 5.95 Å². The Bertz CT molecular complexity index is 731. The number of rotatable bonds is 2. The van der Waals surface area contributed by atoms with Gasteiger partial charge >= 0.3 is 0 Å². The smallest absolute Gasteiger partial charge is 0.204 e. The molecule has 1 saturated heterocycles. The van der Waals surface area contributed by atoms with Crippen LogP contribution in [0.15, 0.2) is 24.3 Å². The molecular formula is C14H16N6O. The van der Waals surface area contributed by atoms with Crippen LogP contribution in [0.2, 0.25) is 0 Å². The highest BCUT2D eigenvalue weighted by Crippen LogP contribution is 2.24. The highest BCUT2D eigenvalue weighted by Gasteiger charge is 2.26. The number of aromatic nitrogens is 5. The summed E-state index contributed by atoms with van der Waals surface area (Å²) in [5, 5.41) is 7.05. The molecule has 0 spiro atoms. The first kappa shape index (κ1) is 12.3. The molecule has 7 heteroatoms. The fourth-order valence-electron chi connectivity index (χ4n) is 2.59. The molecule has 3 heterocycles. The summed E-state index contributed by atoms with van der Waals surface area (Å²) < 4.78 is 5.77. The number of aryl methyl sites for hydroxylation is 1. The molecule has 108 valence electrons. The van der Waals surface area contributed by atoms with Crippen LogP contribution in [0.4, 0.5) is 5.95 Å². The lowest BCUT2D eigenvalue weighted by atomic mass is 10.2. The Kier molecular flexibility index (Phi) is 2.85. The van der Waals surface area contributed by atoms with Gasteiger partial charge < -0.3 is 14.6 Å². The highest BCUT2D eigenvalue weighted by molar-refractivity contribution is 5.77. The second-order valence-corrected chi connectivity index (χ2v) is 5.16. The Balaban J connectivity index is 1.60. The number of nitrogens with one attached hydrogen (secondary N) is 2. The van der Waals surface area contributed by atoms with Gasteiger partial charge in [0.25, 0.3) is 0 Å². The summed E-state index contributed by atoms with van der Waals surface area (Å²) >= 11 is 0. The number of hydrogen-bond donors (Lipinski definition) is 2. The van der Waals surface area contributed by atoms with Crippen molar-refractivity contribution in [2.75, 3.05) is 24.6 Å². The van der Waals surface area contributed by atoms with Crippen LogP contribution in [0.25, 0.3) is 11.0 Å². The van der Waals surface area contributed by atoms with Crippen molar-refractivity contribution in [3.05, 3.63) is 35.9 Å². The second-order valence-electron chi connectivity index (χ2n) is 5.16. The first-order valence-corrected chi connectivity index (χ1v) is 7.00. The van der Waals surface area contributed by atoms with E-state index in [9.17, 15) is 0 Å². The van der Waals surface area contributed by atoms with Gasteiger partial charge in [0, 0.05) is 6.54 Å². The number of para-hydroxylation sites is 2. The third-order valence-electron chi connectivity index (χ3n) is 3.65. The first-order valence-electron chi connectivity index (χ1n) is 7.00. The van der Waals surface area contributed by atoms with E-state index in [2.05, 4.69) is 30.0 Å². The van der Waals surface area contributed by atoms with Crippen molar-refractivity contribution >= 4 is 17.0 Å². The fraction of sp³-hybridized carbons (Fsp3) is 0.357. The van der Waals surface area contributed by atoms with Crippen molar-refractivity contribution in [1.82, 2.24) is 25.1 Å². The van der Waals surface area contributed by atoms with E-state index in [1.54, 1.807) is 0 Å². The molecule has 1 aromatic carbocycles. The summed E-state index contributed by atoms with van der Waals surface area (Å²) in [6, 6.07) is 8.03. The number of H-pyrrole nitrogens is 2. The Morgan fingerprint density at radius 3 is 3.00 bits per heavy atom. The topological polar surface area (TPSA) is 82.7 Å². The lowest BCUT2D eigenvalue weighted by Gasteiger charge is -2.31. The quantitative estimate of drug-likeness (QED) is 0.746. The zero-order valence-electron chi connectivity index (χ0n) is 11.7. The second kappa shape index (κ2) is 4.85. The zero-order valence-corrected chi connectivity index (χ0v) is 11.7. The van der Waals surface area contributed by atoms with E-state index in [0.717, 1.165) is 29.4 Å². The number of imidazole rings is 1. The van der Waals surface area contributed by atoms with Crippen LogP contribution in [0, 0.1) is 6.92 Å². The number of nitrogens with zero attached hydrogens (tertiary/aromatic N) is 4. The van der Waals surface area contributed by atoms with Crippen LogP contribution in [-0.4, -0.2) is 44.8 Å². The number of hydrogen-bond acceptors (Lipinski definition) is 5. The maximum absolute atomic E-state index is 5.77. The third-order valence-corrected chi connectivity index (χ3v) is 3.65. The number of aromatic amines is 2. The average Bonchev–Trinajstić information content (AvgIpc) is 3.13. The van der Waals surface area contributed by atoms with Gasteiger partial charge in [-0.05, 0) is 19.1 Å². The van der Waals surface area contributed by atoms with E-state index in [4.69, 9.17) is 4.74 Å². The maximum Gasteiger partial charge on any atom is 0.204 e. The molecule has 1 atom stereocenters. The van der Waals surface area contributed by atoms with Gasteiger partial charge in [-0.2, -0.15) is 5.10 Å². The highest BCUT2D eigenvalue weighted by atomic mass is 16.5. The average molecular weight is 284 g/mol. The summed E-state index contributed by atoms with van der Waals surface area (Å²) in [5.74, 6) is 2.37. The van der Waals surface area contributed by atoms with Crippen LogP contribution in [0.5, 0.6) is 0 Å². The van der Waals surface area contributed by atoms with E-state index in [-0.39, 0.29) is 6.10 Å². The molecular weight excluding hydrogens is 268 g/mol. The van der Waals surface area contributed by atoms with Gasteiger partial charge in [0.05, 0.1) is 24.2 Å². The number of morpholine rings is 1. The van der Waals surface area contributed by atoms with Crippen LogP contribution < -0.4 is 4.90 Å². The largest absolute Gasteiger partial charge is 0.366 e. The summed E-state index contributed by atoms with van der Waals surface area (Å²) in [5.41, 5.74) is 2.02. The molecule has 1 fully saturated rings. The van der Waals surface area contributed by atoms with Crippen molar-refractivity contribution in [2.45, 2.75) is 13.0 Å². The van der Waals surface area contributed by atoms with E-state index in [0.29, 0.717) is 19.0 Å². The van der Waals surface area contributed by atoms with E-state index in [1.807, 2.05) is 31.2 Å². The Labute approximate surface area is 121 Å². The van der Waals surface area contributed by atoms with Crippen molar-refractivity contribution in [2.24, 2.45) is 0 Å². The maximum atomic E-state index is 5.77. The van der Waals surface area contributed by atoms with E-state index < -0.39 is 0 Å². The monoisotopic (exact) mass is 284 g/mol. The van der Waals surface area contributed by atoms with E-state index >= 15 is 0 Å². The molecule has 1 aliphatic heterocycles. The molecule has 1 unspecified atom stereocenters. The lowest BCUT2D eigenvalue weighted by Crippen LogP contribution is -2.39. The predicted molar refractivity (Wildman–Crippen MR) is 78.1 cm³/mol. The minimum Gasteiger partial charge on any atom is -0.366 e. The Morgan fingerprint density at radius 2 is 2.19 bits per heavy atom. The van der Waals surface area contributed by atoms with Crippen LogP contribution >= 0.6 is 0 Å². The molecule has 0 aliphatic carbocycles. The Morgan fingerprint density at radius 1 is 1.29 bits per heavy atom. The lowest BCUT2D eigenvalue weighted by molar-refractivity contribution is 0.0337. The van der Waals surface area contributed by atoms with Crippen molar-refractivity contribution in [3.8, 4) is 0 Å². The van der Waals surface area contributed by atoms with Gasteiger partial charge in [-0.1, -0.05) is 12.1 Å². The summed E-state index contributed by atoms with van der Waals surface area (Å²) in [4.78, 5) is 14.5. The summed E-state index contributed by atoms with van der Waals surface area (Å²) in [6.45, 7) is 4.02. The molecule has 0 bridgehead atoms. The third kappa shape index (κ3) is 2.25. The number of ether oxygens (including phenoxy) is 1. The molecule has 4 rings (SSSR count). The summed E-state index contributed by atoms with van der Waals surface area (Å²) in [7, 11) is 0. The van der Waals surface area contributed by atoms with Crippen LogP contribution in [-0.2, 0) is 4.74 Å². The summed E-state index contributed by atoms with van der Waals surface area (Å²) in [6.07, 6.45) is -0.128. The van der Waals surface area contributed by atoms with Gasteiger partial charge in [0.15, 0.2) is 5.82 Å². The zero-order chi connectivity index (χ0) is 14.2. The van der Waals surface area contributed by atoms with Gasteiger partial charge in [-0.3, -0.25) is 5.10 Å². The molecule has 0 amide bonds. The standard InChI is InChI=1S/C14H16N6O/c1-9-15-13(19-18-9)12-8-20(6-7-21-12)14-16-10-4-2-3-5-11(10)17-14/h2-5,12H,6-8H2,1H3,(H,16,17)(H,15,18,19). The van der Waals surface area contributed by atoms with Gasteiger partial charge in [0.1, 0.15) is 11.9 Å². The molecule has 21 heavy (non-hydrogen) atoms. The van der Waals surface area contributed by atoms with Gasteiger partial charge in [-0.25, -0.2) is 9.97 Å². The SMILES string of the molecule is Cc1nc(C2CN(c3nc4ccccc4[nH]3)CCO2)n[nH]1. The normalized spacial score (nSPS) is 19.3. The number of fused-ring (bicyclic) bond motifs is 1. The minimum atomic E-state index is -0.128. The molecule has 2 aromatic heterocycles. The molecule has 2 N–H and O–H groups in total. The molecule has 0 radical (unpaired) electrons. The first-order chi connectivity index (χ1) is 10.3. The minimum absolute atomic E-state index is 0.128.